The van der Waals surface area contributed by atoms with Gasteiger partial charge in [0.05, 0.1) is 4.88 Å². The summed E-state index contributed by atoms with van der Waals surface area (Å²) >= 11 is 1.49. The minimum absolute atomic E-state index is 0.0129. The molecule has 2 aromatic rings. The van der Waals surface area contributed by atoms with Crippen LogP contribution in [0.25, 0.3) is 10.6 Å². The van der Waals surface area contributed by atoms with E-state index in [1.54, 1.807) is 0 Å². The van der Waals surface area contributed by atoms with Gasteiger partial charge >= 0.3 is 0 Å². The van der Waals surface area contributed by atoms with E-state index in [4.69, 9.17) is 9.52 Å². The van der Waals surface area contributed by atoms with Gasteiger partial charge in [0.15, 0.2) is 17.8 Å². The zero-order valence-corrected chi connectivity index (χ0v) is 11.6. The number of thiophene rings is 1. The van der Waals surface area contributed by atoms with Crippen LogP contribution in [0.15, 0.2) is 28.3 Å². The Labute approximate surface area is 115 Å². The molecule has 1 amide bonds. The van der Waals surface area contributed by atoms with E-state index in [9.17, 15) is 4.79 Å². The van der Waals surface area contributed by atoms with E-state index in [-0.39, 0.29) is 30.2 Å². The second-order valence-electron chi connectivity index (χ2n) is 4.43. The van der Waals surface area contributed by atoms with Crippen LogP contribution in [0.1, 0.15) is 24.3 Å². The second-order valence-corrected chi connectivity index (χ2v) is 5.38. The summed E-state index contributed by atoms with van der Waals surface area (Å²) in [5.41, 5.74) is 0.277. The number of carbonyl (C=O) groups is 1. The van der Waals surface area contributed by atoms with Gasteiger partial charge in [0.25, 0.3) is 5.91 Å². The third-order valence-corrected chi connectivity index (χ3v) is 3.90. The first kappa shape index (κ1) is 13.8. The zero-order chi connectivity index (χ0) is 13.8. The van der Waals surface area contributed by atoms with Crippen molar-refractivity contribution in [3.05, 3.63) is 29.6 Å². The summed E-state index contributed by atoms with van der Waals surface area (Å²) < 4.78 is 5.29. The molecule has 2 atom stereocenters. The summed E-state index contributed by atoms with van der Waals surface area (Å²) in [5.74, 6) is 0.183. The quantitative estimate of drug-likeness (QED) is 0.880. The van der Waals surface area contributed by atoms with Crippen LogP contribution in [0, 0.1) is 5.92 Å². The van der Waals surface area contributed by atoms with Crippen LogP contribution < -0.4 is 5.32 Å². The Morgan fingerprint density at radius 3 is 3.00 bits per heavy atom. The molecule has 0 aliphatic rings. The average Bonchev–Trinajstić information content (AvgIpc) is 3.06. The Kier molecular flexibility index (Phi) is 4.34. The van der Waals surface area contributed by atoms with Crippen LogP contribution >= 0.6 is 11.3 Å². The number of hydrogen-bond acceptors (Lipinski definition) is 5. The molecule has 5 nitrogen and oxygen atoms in total. The number of aliphatic hydroxyl groups is 1. The minimum Gasteiger partial charge on any atom is -0.442 e. The first-order valence-electron chi connectivity index (χ1n) is 6.02. The number of hydrogen-bond donors (Lipinski definition) is 2. The van der Waals surface area contributed by atoms with E-state index in [1.165, 1.54) is 17.7 Å². The highest BCUT2D eigenvalue weighted by atomic mass is 32.1. The van der Waals surface area contributed by atoms with Gasteiger partial charge in [0.1, 0.15) is 0 Å². The van der Waals surface area contributed by atoms with Crippen LogP contribution in [0.5, 0.6) is 0 Å². The molecule has 102 valence electrons. The number of aromatic nitrogens is 1. The molecule has 0 aromatic carbocycles. The van der Waals surface area contributed by atoms with E-state index in [1.807, 2.05) is 31.4 Å². The minimum atomic E-state index is -0.287. The summed E-state index contributed by atoms with van der Waals surface area (Å²) in [6, 6.07) is 3.63. The Balaban J connectivity index is 2.15. The smallest absolute Gasteiger partial charge is 0.274 e. The van der Waals surface area contributed by atoms with Crippen LogP contribution in [0.2, 0.25) is 0 Å². The molecule has 0 fully saturated rings. The van der Waals surface area contributed by atoms with Crippen molar-refractivity contribution in [1.82, 2.24) is 10.3 Å². The third-order valence-electron chi connectivity index (χ3n) is 3.03. The lowest BCUT2D eigenvalue weighted by Gasteiger charge is -2.18. The Bertz CT molecular complexity index is 536. The maximum absolute atomic E-state index is 12.1. The molecule has 0 spiro atoms. The summed E-state index contributed by atoms with van der Waals surface area (Å²) in [4.78, 5) is 17.0. The standard InChI is InChI=1S/C13H16N2O3S/c1-8(6-16)9(2)15-13(17)11-12(18-7-14-11)10-4-3-5-19-10/h3-5,7-9,16H,6H2,1-2H3,(H,15,17). The van der Waals surface area contributed by atoms with Gasteiger partial charge in [-0.05, 0) is 24.3 Å². The molecule has 0 radical (unpaired) electrons. The van der Waals surface area contributed by atoms with Crippen molar-refractivity contribution in [1.29, 1.82) is 0 Å². The molecular weight excluding hydrogens is 264 g/mol. The van der Waals surface area contributed by atoms with Gasteiger partial charge in [0, 0.05) is 12.6 Å². The molecule has 2 N–H and O–H groups in total. The van der Waals surface area contributed by atoms with Crippen molar-refractivity contribution in [2.24, 2.45) is 5.92 Å². The highest BCUT2D eigenvalue weighted by molar-refractivity contribution is 7.13. The first-order chi connectivity index (χ1) is 9.13. The van der Waals surface area contributed by atoms with Crippen molar-refractivity contribution in [2.45, 2.75) is 19.9 Å². The maximum Gasteiger partial charge on any atom is 0.274 e. The highest BCUT2D eigenvalue weighted by Crippen LogP contribution is 2.27. The first-order valence-corrected chi connectivity index (χ1v) is 6.90. The molecule has 0 saturated heterocycles. The van der Waals surface area contributed by atoms with Gasteiger partial charge in [-0.25, -0.2) is 4.98 Å². The topological polar surface area (TPSA) is 75.4 Å². The van der Waals surface area contributed by atoms with Gasteiger partial charge in [0.2, 0.25) is 0 Å². The van der Waals surface area contributed by atoms with Gasteiger partial charge in [-0.2, -0.15) is 0 Å². The van der Waals surface area contributed by atoms with E-state index in [0.29, 0.717) is 5.76 Å². The van der Waals surface area contributed by atoms with E-state index in [0.717, 1.165) is 4.88 Å². The summed E-state index contributed by atoms with van der Waals surface area (Å²) in [6.45, 7) is 3.75. The number of nitrogens with one attached hydrogen (secondary N) is 1. The number of carbonyl (C=O) groups excluding carboxylic acids is 1. The lowest BCUT2D eigenvalue weighted by molar-refractivity contribution is 0.0912. The fourth-order valence-electron chi connectivity index (χ4n) is 1.57. The largest absolute Gasteiger partial charge is 0.442 e. The van der Waals surface area contributed by atoms with Gasteiger partial charge < -0.3 is 14.8 Å². The summed E-state index contributed by atoms with van der Waals surface area (Å²) in [7, 11) is 0. The summed E-state index contributed by atoms with van der Waals surface area (Å²) in [5, 5.41) is 13.8. The molecule has 2 aromatic heterocycles. The monoisotopic (exact) mass is 280 g/mol. The lowest BCUT2D eigenvalue weighted by Crippen LogP contribution is -2.38. The predicted molar refractivity (Wildman–Crippen MR) is 73.0 cm³/mol. The van der Waals surface area contributed by atoms with Gasteiger partial charge in [-0.3, -0.25) is 4.79 Å². The van der Waals surface area contributed by atoms with E-state index < -0.39 is 0 Å². The second kappa shape index (κ2) is 5.99. The van der Waals surface area contributed by atoms with E-state index in [2.05, 4.69) is 10.3 Å². The van der Waals surface area contributed by atoms with Crippen LogP contribution in [0.4, 0.5) is 0 Å². The summed E-state index contributed by atoms with van der Waals surface area (Å²) in [6.07, 6.45) is 1.27. The molecule has 2 rings (SSSR count). The molecular formula is C13H16N2O3S. The molecule has 0 aliphatic heterocycles. The number of amides is 1. The third kappa shape index (κ3) is 3.02. The lowest BCUT2D eigenvalue weighted by atomic mass is 10.1. The number of aliphatic hydroxyl groups excluding tert-OH is 1. The molecule has 0 saturated carbocycles. The SMILES string of the molecule is CC(CO)C(C)NC(=O)c1ncoc1-c1cccs1. The van der Waals surface area contributed by atoms with E-state index >= 15 is 0 Å². The van der Waals surface area contributed by atoms with Crippen molar-refractivity contribution in [3.63, 3.8) is 0 Å². The zero-order valence-electron chi connectivity index (χ0n) is 10.8. The Hall–Kier alpha value is -1.66. The van der Waals surface area contributed by atoms with Crippen LogP contribution in [0.3, 0.4) is 0 Å². The molecule has 2 heterocycles. The average molecular weight is 280 g/mol. The van der Waals surface area contributed by atoms with Gasteiger partial charge in [-0.15, -0.1) is 11.3 Å². The predicted octanol–water partition coefficient (Wildman–Crippen LogP) is 2.15. The molecule has 2 unspecified atom stereocenters. The molecule has 19 heavy (non-hydrogen) atoms. The highest BCUT2D eigenvalue weighted by Gasteiger charge is 2.22. The Morgan fingerprint density at radius 1 is 1.58 bits per heavy atom. The fourth-order valence-corrected chi connectivity index (χ4v) is 2.28. The van der Waals surface area contributed by atoms with Crippen LogP contribution in [-0.4, -0.2) is 28.6 Å². The maximum atomic E-state index is 12.1. The number of nitrogens with zero attached hydrogens (tertiary/aromatic N) is 1. The fraction of sp³-hybridized carbons (Fsp3) is 0.385. The number of rotatable bonds is 5. The molecule has 6 heteroatoms. The number of oxazole rings is 1. The molecule has 0 bridgehead atoms. The molecule has 0 aliphatic carbocycles. The normalized spacial score (nSPS) is 14.1. The van der Waals surface area contributed by atoms with Crippen molar-refractivity contribution in [3.8, 4) is 10.6 Å². The van der Waals surface area contributed by atoms with Gasteiger partial charge in [-0.1, -0.05) is 13.0 Å². The van der Waals surface area contributed by atoms with Crippen molar-refractivity contribution < 1.29 is 14.3 Å². The van der Waals surface area contributed by atoms with Crippen molar-refractivity contribution in [2.75, 3.05) is 6.61 Å². The van der Waals surface area contributed by atoms with Crippen molar-refractivity contribution >= 4 is 17.2 Å². The van der Waals surface area contributed by atoms with Crippen LogP contribution in [-0.2, 0) is 0 Å². The Morgan fingerprint density at radius 2 is 2.37 bits per heavy atom.